The molecule has 0 aliphatic heterocycles. The number of anilines is 1. The monoisotopic (exact) mass is 223 g/mol. The maximum Gasteiger partial charge on any atom is 0.258 e. The molecule has 0 atom stereocenters. The van der Waals surface area contributed by atoms with E-state index in [9.17, 15) is 13.6 Å². The van der Waals surface area contributed by atoms with Gasteiger partial charge in [0.2, 0.25) is 0 Å². The largest absolute Gasteiger partial charge is 0.319 e. The van der Waals surface area contributed by atoms with Crippen molar-refractivity contribution in [2.24, 2.45) is 0 Å². The number of carbonyl (C=O) groups is 1. The molecule has 0 aliphatic carbocycles. The van der Waals surface area contributed by atoms with E-state index in [1.165, 1.54) is 24.5 Å². The second-order valence-electron chi connectivity index (χ2n) is 3.04. The van der Waals surface area contributed by atoms with Crippen LogP contribution < -0.4 is 5.32 Å². The van der Waals surface area contributed by atoms with Gasteiger partial charge in [-0.2, -0.15) is 5.10 Å². The Labute approximate surface area is 89.3 Å². The van der Waals surface area contributed by atoms with Gasteiger partial charge < -0.3 is 5.32 Å². The molecule has 0 bridgehead atoms. The van der Waals surface area contributed by atoms with Gasteiger partial charge in [-0.15, -0.1) is 0 Å². The molecule has 1 aromatic carbocycles. The van der Waals surface area contributed by atoms with E-state index in [-0.39, 0.29) is 5.56 Å². The summed E-state index contributed by atoms with van der Waals surface area (Å²) in [6.07, 6.45) is 2.78. The van der Waals surface area contributed by atoms with Crippen LogP contribution in [0.15, 0.2) is 30.6 Å². The molecule has 1 aromatic heterocycles. The second kappa shape index (κ2) is 4.09. The summed E-state index contributed by atoms with van der Waals surface area (Å²) >= 11 is 0. The van der Waals surface area contributed by atoms with Gasteiger partial charge in [-0.1, -0.05) is 6.07 Å². The molecule has 1 amide bonds. The Morgan fingerprint density at radius 3 is 2.88 bits per heavy atom. The highest BCUT2D eigenvalue weighted by Crippen LogP contribution is 2.13. The molecule has 0 saturated heterocycles. The van der Waals surface area contributed by atoms with Gasteiger partial charge in [-0.25, -0.2) is 8.78 Å². The van der Waals surface area contributed by atoms with Crippen molar-refractivity contribution in [3.05, 3.63) is 47.8 Å². The van der Waals surface area contributed by atoms with Crippen LogP contribution in [-0.2, 0) is 0 Å². The Balaban J connectivity index is 2.24. The van der Waals surface area contributed by atoms with Crippen molar-refractivity contribution in [1.29, 1.82) is 0 Å². The predicted octanol–water partition coefficient (Wildman–Crippen LogP) is 1.94. The summed E-state index contributed by atoms with van der Waals surface area (Å²) in [6, 6.07) is 3.42. The fourth-order valence-corrected chi connectivity index (χ4v) is 1.20. The summed E-state index contributed by atoms with van der Waals surface area (Å²) < 4.78 is 26.1. The zero-order valence-corrected chi connectivity index (χ0v) is 8.00. The molecule has 0 spiro atoms. The number of aromatic nitrogens is 2. The molecule has 16 heavy (non-hydrogen) atoms. The van der Waals surface area contributed by atoms with Crippen LogP contribution in [0.2, 0.25) is 0 Å². The number of benzene rings is 1. The van der Waals surface area contributed by atoms with Crippen LogP contribution in [-0.4, -0.2) is 16.1 Å². The number of nitrogens with zero attached hydrogens (tertiary/aromatic N) is 1. The van der Waals surface area contributed by atoms with E-state index in [1.807, 2.05) is 0 Å². The van der Waals surface area contributed by atoms with Crippen LogP contribution in [0.4, 0.5) is 14.5 Å². The van der Waals surface area contributed by atoms with Crippen LogP contribution in [0.25, 0.3) is 0 Å². The fraction of sp³-hybridized carbons (Fsp3) is 0. The lowest BCUT2D eigenvalue weighted by molar-refractivity contribution is 0.102. The minimum atomic E-state index is -1.16. The number of nitrogens with one attached hydrogen (secondary N) is 2. The number of halogens is 2. The number of hydrogen-bond acceptors (Lipinski definition) is 2. The van der Waals surface area contributed by atoms with Crippen molar-refractivity contribution in [3.8, 4) is 0 Å². The summed E-state index contributed by atoms with van der Waals surface area (Å²) in [5, 5.41) is 8.45. The predicted molar refractivity (Wildman–Crippen MR) is 52.9 cm³/mol. The standard InChI is InChI=1S/C10H7F2N3O/c11-8-3-1-2-7(9(8)12)10(16)15-6-4-13-14-5-6/h1-5H,(H,13,14)(H,15,16). The molecule has 2 rings (SSSR count). The Morgan fingerprint density at radius 2 is 2.19 bits per heavy atom. The fourth-order valence-electron chi connectivity index (χ4n) is 1.20. The Hall–Kier alpha value is -2.24. The zero-order chi connectivity index (χ0) is 11.5. The first-order valence-electron chi connectivity index (χ1n) is 4.42. The first kappa shape index (κ1) is 10.3. The smallest absolute Gasteiger partial charge is 0.258 e. The van der Waals surface area contributed by atoms with Gasteiger partial charge in [0.1, 0.15) is 0 Å². The highest BCUT2D eigenvalue weighted by atomic mass is 19.2. The van der Waals surface area contributed by atoms with E-state index >= 15 is 0 Å². The van der Waals surface area contributed by atoms with E-state index in [1.54, 1.807) is 0 Å². The van der Waals surface area contributed by atoms with Crippen LogP contribution in [0.1, 0.15) is 10.4 Å². The number of carbonyl (C=O) groups excluding carboxylic acids is 1. The first-order valence-corrected chi connectivity index (χ1v) is 4.42. The van der Waals surface area contributed by atoms with E-state index in [0.29, 0.717) is 5.69 Å². The molecule has 0 unspecified atom stereocenters. The molecule has 0 saturated carbocycles. The Kier molecular flexibility index (Phi) is 2.63. The van der Waals surface area contributed by atoms with Crippen molar-refractivity contribution in [3.63, 3.8) is 0 Å². The van der Waals surface area contributed by atoms with Gasteiger partial charge >= 0.3 is 0 Å². The van der Waals surface area contributed by atoms with E-state index in [4.69, 9.17) is 0 Å². The van der Waals surface area contributed by atoms with Crippen LogP contribution in [0.5, 0.6) is 0 Å². The van der Waals surface area contributed by atoms with Crippen LogP contribution in [0, 0.1) is 11.6 Å². The maximum absolute atomic E-state index is 13.2. The number of amides is 1. The van der Waals surface area contributed by atoms with Crippen molar-refractivity contribution in [2.45, 2.75) is 0 Å². The lowest BCUT2D eigenvalue weighted by Crippen LogP contribution is -2.14. The molecular formula is C10H7F2N3O. The highest BCUT2D eigenvalue weighted by Gasteiger charge is 2.15. The SMILES string of the molecule is O=C(Nc1cn[nH]c1)c1cccc(F)c1F. The third-order valence-corrected chi connectivity index (χ3v) is 1.95. The number of hydrogen-bond donors (Lipinski definition) is 2. The average Bonchev–Trinajstić information content (AvgIpc) is 2.74. The molecule has 2 aromatic rings. The number of H-pyrrole nitrogens is 1. The normalized spacial score (nSPS) is 10.1. The van der Waals surface area contributed by atoms with Crippen molar-refractivity contribution >= 4 is 11.6 Å². The second-order valence-corrected chi connectivity index (χ2v) is 3.04. The van der Waals surface area contributed by atoms with Gasteiger partial charge in [-0.05, 0) is 12.1 Å². The maximum atomic E-state index is 13.2. The van der Waals surface area contributed by atoms with E-state index in [0.717, 1.165) is 6.07 Å². The summed E-state index contributed by atoms with van der Waals surface area (Å²) in [5.74, 6) is -2.94. The lowest BCUT2D eigenvalue weighted by Gasteiger charge is -2.03. The molecule has 0 radical (unpaired) electrons. The topological polar surface area (TPSA) is 57.8 Å². The van der Waals surface area contributed by atoms with Crippen molar-refractivity contribution in [1.82, 2.24) is 10.2 Å². The van der Waals surface area contributed by atoms with Crippen LogP contribution in [0.3, 0.4) is 0 Å². The van der Waals surface area contributed by atoms with Gasteiger partial charge in [0.05, 0.1) is 17.4 Å². The van der Waals surface area contributed by atoms with Crippen molar-refractivity contribution < 1.29 is 13.6 Å². The first-order chi connectivity index (χ1) is 7.68. The number of aromatic amines is 1. The quantitative estimate of drug-likeness (QED) is 0.817. The third kappa shape index (κ3) is 1.90. The lowest BCUT2D eigenvalue weighted by atomic mass is 10.2. The molecule has 82 valence electrons. The zero-order valence-electron chi connectivity index (χ0n) is 8.00. The van der Waals surface area contributed by atoms with Gasteiger partial charge in [0.15, 0.2) is 11.6 Å². The number of rotatable bonds is 2. The Morgan fingerprint density at radius 1 is 1.38 bits per heavy atom. The molecule has 0 aliphatic rings. The summed E-state index contributed by atoms with van der Waals surface area (Å²) in [6.45, 7) is 0. The molecule has 1 heterocycles. The van der Waals surface area contributed by atoms with Crippen LogP contribution >= 0.6 is 0 Å². The summed E-state index contributed by atoms with van der Waals surface area (Å²) in [4.78, 5) is 11.5. The molecule has 6 heteroatoms. The minimum absolute atomic E-state index is 0.346. The van der Waals surface area contributed by atoms with Crippen molar-refractivity contribution in [2.75, 3.05) is 5.32 Å². The van der Waals surface area contributed by atoms with E-state index in [2.05, 4.69) is 15.5 Å². The van der Waals surface area contributed by atoms with Gasteiger partial charge in [-0.3, -0.25) is 9.89 Å². The third-order valence-electron chi connectivity index (χ3n) is 1.95. The van der Waals surface area contributed by atoms with Gasteiger partial charge in [0, 0.05) is 6.20 Å². The van der Waals surface area contributed by atoms with E-state index < -0.39 is 17.5 Å². The van der Waals surface area contributed by atoms with Gasteiger partial charge in [0.25, 0.3) is 5.91 Å². The molecule has 4 nitrogen and oxygen atoms in total. The summed E-state index contributed by atoms with van der Waals surface area (Å²) in [5.41, 5.74) is 0.0369. The minimum Gasteiger partial charge on any atom is -0.319 e. The molecular weight excluding hydrogens is 216 g/mol. The molecule has 0 fully saturated rings. The average molecular weight is 223 g/mol. The highest BCUT2D eigenvalue weighted by molar-refractivity contribution is 6.04. The summed E-state index contributed by atoms with van der Waals surface area (Å²) in [7, 11) is 0. The molecule has 2 N–H and O–H groups in total. The Bertz CT molecular complexity index is 511.